The van der Waals surface area contributed by atoms with Crippen molar-refractivity contribution in [1.29, 1.82) is 0 Å². The van der Waals surface area contributed by atoms with Gasteiger partial charge in [0.2, 0.25) is 0 Å². The Kier molecular flexibility index (Phi) is 5.68. The zero-order chi connectivity index (χ0) is 20.1. The standard InChI is InChI=1S/C26H18O2S/c27-25(19-9-3-1-4-10-19)21-15-17-22(18-16-21)29-24-14-8-7-13-23(24)26(28)20-11-5-2-6-12-20/h1-18H. The molecule has 0 unspecified atom stereocenters. The lowest BCUT2D eigenvalue weighted by Crippen LogP contribution is -2.02. The maximum Gasteiger partial charge on any atom is 0.194 e. The van der Waals surface area contributed by atoms with Crippen LogP contribution in [0.25, 0.3) is 0 Å². The summed E-state index contributed by atoms with van der Waals surface area (Å²) < 4.78 is 0. The van der Waals surface area contributed by atoms with Crippen molar-refractivity contribution in [2.75, 3.05) is 0 Å². The number of hydrogen-bond donors (Lipinski definition) is 0. The van der Waals surface area contributed by atoms with Crippen LogP contribution in [-0.4, -0.2) is 11.6 Å². The molecule has 4 aromatic carbocycles. The highest BCUT2D eigenvalue weighted by atomic mass is 32.2. The first kappa shape index (κ1) is 18.9. The van der Waals surface area contributed by atoms with Crippen molar-refractivity contribution in [2.45, 2.75) is 9.79 Å². The van der Waals surface area contributed by atoms with Gasteiger partial charge in [0.15, 0.2) is 11.6 Å². The topological polar surface area (TPSA) is 34.1 Å². The zero-order valence-corrected chi connectivity index (χ0v) is 16.4. The van der Waals surface area contributed by atoms with Gasteiger partial charge in [-0.3, -0.25) is 9.59 Å². The highest BCUT2D eigenvalue weighted by molar-refractivity contribution is 7.99. The third kappa shape index (κ3) is 4.36. The fourth-order valence-corrected chi connectivity index (χ4v) is 3.99. The average molecular weight is 394 g/mol. The molecule has 0 aliphatic rings. The molecule has 0 radical (unpaired) electrons. The molecule has 0 spiro atoms. The molecule has 0 fully saturated rings. The van der Waals surface area contributed by atoms with Gasteiger partial charge in [-0.05, 0) is 36.4 Å². The molecule has 0 saturated heterocycles. The summed E-state index contributed by atoms with van der Waals surface area (Å²) in [7, 11) is 0. The summed E-state index contributed by atoms with van der Waals surface area (Å²) in [4.78, 5) is 27.3. The van der Waals surface area contributed by atoms with Gasteiger partial charge in [0.05, 0.1) is 0 Å². The predicted octanol–water partition coefficient (Wildman–Crippen LogP) is 6.30. The second-order valence-electron chi connectivity index (χ2n) is 6.51. The monoisotopic (exact) mass is 394 g/mol. The largest absolute Gasteiger partial charge is 0.289 e. The van der Waals surface area contributed by atoms with Crippen LogP contribution in [0.5, 0.6) is 0 Å². The van der Waals surface area contributed by atoms with Gasteiger partial charge >= 0.3 is 0 Å². The summed E-state index contributed by atoms with van der Waals surface area (Å²) in [5.41, 5.74) is 2.67. The van der Waals surface area contributed by atoms with Crippen molar-refractivity contribution < 1.29 is 9.59 Å². The van der Waals surface area contributed by atoms with Gasteiger partial charge in [0, 0.05) is 32.0 Å². The quantitative estimate of drug-likeness (QED) is 0.360. The van der Waals surface area contributed by atoms with Gasteiger partial charge < -0.3 is 0 Å². The fraction of sp³-hybridized carbons (Fsp3) is 0. The first-order valence-corrected chi connectivity index (χ1v) is 10.1. The van der Waals surface area contributed by atoms with Crippen LogP contribution in [0.1, 0.15) is 31.8 Å². The van der Waals surface area contributed by atoms with Gasteiger partial charge in [0.25, 0.3) is 0 Å². The summed E-state index contributed by atoms with van der Waals surface area (Å²) in [6.45, 7) is 0. The molecule has 4 aromatic rings. The minimum absolute atomic E-state index is 0.00167. The Bertz CT molecular complexity index is 1130. The molecule has 3 heteroatoms. The number of ketones is 2. The van der Waals surface area contributed by atoms with E-state index in [4.69, 9.17) is 0 Å². The Labute approximate surface area is 174 Å². The Hall–Kier alpha value is -3.43. The van der Waals surface area contributed by atoms with Crippen molar-refractivity contribution in [2.24, 2.45) is 0 Å². The molecule has 0 aromatic heterocycles. The second kappa shape index (κ2) is 8.72. The maximum atomic E-state index is 12.9. The normalized spacial score (nSPS) is 10.5. The summed E-state index contributed by atoms with van der Waals surface area (Å²) >= 11 is 1.52. The van der Waals surface area contributed by atoms with Gasteiger partial charge in [-0.2, -0.15) is 0 Å². The van der Waals surface area contributed by atoms with Crippen LogP contribution in [0.15, 0.2) is 119 Å². The molecular weight excluding hydrogens is 376 g/mol. The fourth-order valence-electron chi connectivity index (χ4n) is 3.05. The van der Waals surface area contributed by atoms with E-state index < -0.39 is 0 Å². The lowest BCUT2D eigenvalue weighted by molar-refractivity contribution is 0.102. The van der Waals surface area contributed by atoms with E-state index in [-0.39, 0.29) is 11.6 Å². The summed E-state index contributed by atoms with van der Waals surface area (Å²) in [5, 5.41) is 0. The average Bonchev–Trinajstić information content (AvgIpc) is 2.80. The maximum absolute atomic E-state index is 12.9. The number of carbonyl (C=O) groups excluding carboxylic acids is 2. The van der Waals surface area contributed by atoms with Crippen molar-refractivity contribution in [1.82, 2.24) is 0 Å². The summed E-state index contributed by atoms with van der Waals surface area (Å²) in [5.74, 6) is 0.00591. The molecule has 4 rings (SSSR count). The lowest BCUT2D eigenvalue weighted by atomic mass is 10.0. The first-order valence-electron chi connectivity index (χ1n) is 9.29. The molecule has 0 saturated carbocycles. The molecule has 0 aliphatic carbocycles. The van der Waals surface area contributed by atoms with Crippen LogP contribution in [-0.2, 0) is 0 Å². The van der Waals surface area contributed by atoms with Crippen molar-refractivity contribution in [3.63, 3.8) is 0 Å². The van der Waals surface area contributed by atoms with Crippen LogP contribution in [0.3, 0.4) is 0 Å². The Morgan fingerprint density at radius 1 is 0.483 bits per heavy atom. The number of hydrogen-bond acceptors (Lipinski definition) is 3. The van der Waals surface area contributed by atoms with E-state index in [0.717, 1.165) is 9.79 Å². The molecule has 0 heterocycles. The molecule has 0 bridgehead atoms. The molecule has 140 valence electrons. The van der Waals surface area contributed by atoms with Crippen LogP contribution in [0, 0.1) is 0 Å². The molecule has 0 aliphatic heterocycles. The molecular formula is C26H18O2S. The minimum atomic E-state index is 0.00167. The van der Waals surface area contributed by atoms with Crippen LogP contribution >= 0.6 is 11.8 Å². The van der Waals surface area contributed by atoms with Crippen LogP contribution in [0.2, 0.25) is 0 Å². The zero-order valence-electron chi connectivity index (χ0n) is 15.6. The van der Waals surface area contributed by atoms with Crippen LogP contribution < -0.4 is 0 Å². The SMILES string of the molecule is O=C(c1ccccc1)c1ccc(Sc2ccccc2C(=O)c2ccccc2)cc1. The molecule has 0 amide bonds. The first-order chi connectivity index (χ1) is 14.2. The highest BCUT2D eigenvalue weighted by Crippen LogP contribution is 2.32. The van der Waals surface area contributed by atoms with Gasteiger partial charge in [-0.25, -0.2) is 0 Å². The van der Waals surface area contributed by atoms with Gasteiger partial charge in [-0.1, -0.05) is 84.6 Å². The van der Waals surface area contributed by atoms with E-state index in [1.54, 1.807) is 0 Å². The molecule has 0 N–H and O–H groups in total. The Morgan fingerprint density at radius 2 is 0.966 bits per heavy atom. The third-order valence-electron chi connectivity index (χ3n) is 4.55. The van der Waals surface area contributed by atoms with Crippen molar-refractivity contribution in [3.05, 3.63) is 131 Å². The minimum Gasteiger partial charge on any atom is -0.289 e. The Morgan fingerprint density at radius 3 is 1.59 bits per heavy atom. The summed E-state index contributed by atoms with van der Waals surface area (Å²) in [6, 6.07) is 33.6. The smallest absolute Gasteiger partial charge is 0.194 e. The number of benzene rings is 4. The van der Waals surface area contributed by atoms with Crippen LogP contribution in [0.4, 0.5) is 0 Å². The van der Waals surface area contributed by atoms with E-state index in [9.17, 15) is 9.59 Å². The van der Waals surface area contributed by atoms with Gasteiger partial charge in [0.1, 0.15) is 0 Å². The van der Waals surface area contributed by atoms with Crippen molar-refractivity contribution >= 4 is 23.3 Å². The van der Waals surface area contributed by atoms with E-state index in [1.165, 1.54) is 11.8 Å². The van der Waals surface area contributed by atoms with E-state index >= 15 is 0 Å². The highest BCUT2D eigenvalue weighted by Gasteiger charge is 2.14. The number of rotatable bonds is 6. The molecule has 29 heavy (non-hydrogen) atoms. The molecule has 0 atom stereocenters. The summed E-state index contributed by atoms with van der Waals surface area (Å²) in [6.07, 6.45) is 0. The third-order valence-corrected chi connectivity index (χ3v) is 5.63. The van der Waals surface area contributed by atoms with Crippen molar-refractivity contribution in [3.8, 4) is 0 Å². The predicted molar refractivity (Wildman–Crippen MR) is 117 cm³/mol. The molecule has 2 nitrogen and oxygen atoms in total. The van der Waals surface area contributed by atoms with E-state index in [2.05, 4.69) is 0 Å². The number of carbonyl (C=O) groups is 2. The second-order valence-corrected chi connectivity index (χ2v) is 7.63. The Balaban J connectivity index is 1.56. The van der Waals surface area contributed by atoms with Gasteiger partial charge in [-0.15, -0.1) is 0 Å². The lowest BCUT2D eigenvalue weighted by Gasteiger charge is -2.09. The van der Waals surface area contributed by atoms with E-state index in [1.807, 2.05) is 109 Å². The van der Waals surface area contributed by atoms with E-state index in [0.29, 0.717) is 22.3 Å².